The summed E-state index contributed by atoms with van der Waals surface area (Å²) in [5.41, 5.74) is 0. The second-order valence-corrected chi connectivity index (χ2v) is 3.56. The molecule has 0 saturated heterocycles. The van der Waals surface area contributed by atoms with Crippen LogP contribution in [0.15, 0.2) is 10.8 Å². The molecule has 0 bridgehead atoms. The fourth-order valence-corrected chi connectivity index (χ4v) is 1.46. The molecule has 0 spiro atoms. The Hall–Kier alpha value is -0.375. The number of rotatable bonds is 4. The number of thioether (sulfide) groups is 1. The summed E-state index contributed by atoms with van der Waals surface area (Å²) in [6.07, 6.45) is 0. The molecule has 59 valence electrons. The van der Waals surface area contributed by atoms with Crippen LogP contribution in [0, 0.1) is 5.92 Å². The first-order valence-corrected chi connectivity index (χ1v) is 4.48. The Bertz CT molecular complexity index is 191. The van der Waals surface area contributed by atoms with Gasteiger partial charge in [0, 0.05) is 5.75 Å². The van der Waals surface area contributed by atoms with Crippen molar-refractivity contribution < 1.29 is 9.53 Å². The maximum atomic E-state index is 10.9. The molecule has 0 aliphatic carbocycles. The van der Waals surface area contributed by atoms with Crippen molar-refractivity contribution in [3.8, 4) is 0 Å². The molecule has 1 rings (SSSR count). The van der Waals surface area contributed by atoms with E-state index >= 15 is 0 Å². The van der Waals surface area contributed by atoms with Gasteiger partial charge in [0.15, 0.2) is 7.28 Å². The highest BCUT2D eigenvalue weighted by molar-refractivity contribution is 8.05. The molecule has 2 nitrogen and oxygen atoms in total. The fourth-order valence-electron chi connectivity index (χ4n) is 0.621. The number of ether oxygens (including phenoxy) is 1. The maximum Gasteiger partial charge on any atom is 0.309 e. The van der Waals surface area contributed by atoms with Crippen LogP contribution in [0.25, 0.3) is 0 Å². The second kappa shape index (κ2) is 3.86. The Morgan fingerprint density at radius 1 is 1.91 bits per heavy atom. The lowest BCUT2D eigenvalue weighted by Gasteiger charge is -2.06. The minimum Gasteiger partial charge on any atom is -0.469 e. The number of carbonyl (C=O) groups is 1. The van der Waals surface area contributed by atoms with Crippen LogP contribution in [-0.4, -0.2) is 26.1 Å². The minimum atomic E-state index is -0.126. The first-order chi connectivity index (χ1) is 5.24. The Kier molecular flexibility index (Phi) is 3.06. The standard InChI is InChI=1S/C7H10BO2S/c1-5(7(9)10-2)4-11-6-3-8-6/h3,5H,4H2,1-2H3. The Balaban J connectivity index is 2.13. The van der Waals surface area contributed by atoms with Crippen LogP contribution in [0.4, 0.5) is 0 Å². The summed E-state index contributed by atoms with van der Waals surface area (Å²) in [4.78, 5) is 12.2. The molecule has 0 aromatic rings. The third kappa shape index (κ3) is 3.01. The predicted molar refractivity (Wildman–Crippen MR) is 47.5 cm³/mol. The SMILES string of the molecule is COC(=O)C(C)CSC1=C[B]1. The number of esters is 1. The average molecular weight is 169 g/mol. The van der Waals surface area contributed by atoms with E-state index in [0.717, 1.165) is 5.75 Å². The highest BCUT2D eigenvalue weighted by Crippen LogP contribution is 2.25. The summed E-state index contributed by atoms with van der Waals surface area (Å²) in [5, 5.41) is 0. The zero-order valence-electron chi connectivity index (χ0n) is 6.66. The quantitative estimate of drug-likeness (QED) is 0.464. The molecule has 1 atom stereocenters. The normalized spacial score (nSPS) is 16.4. The molecule has 11 heavy (non-hydrogen) atoms. The van der Waals surface area contributed by atoms with E-state index < -0.39 is 0 Å². The van der Waals surface area contributed by atoms with Crippen LogP contribution in [0.2, 0.25) is 0 Å². The smallest absolute Gasteiger partial charge is 0.309 e. The molecule has 1 radical (unpaired) electrons. The Labute approximate surface area is 71.6 Å². The fraction of sp³-hybridized carbons (Fsp3) is 0.571. The van der Waals surface area contributed by atoms with Crippen LogP contribution in [0.1, 0.15) is 6.92 Å². The topological polar surface area (TPSA) is 26.3 Å². The van der Waals surface area contributed by atoms with E-state index in [-0.39, 0.29) is 11.9 Å². The molecule has 1 aliphatic heterocycles. The number of hydrogen-bond donors (Lipinski definition) is 0. The number of hydrogen-bond acceptors (Lipinski definition) is 3. The number of methoxy groups -OCH3 is 1. The highest BCUT2D eigenvalue weighted by Gasteiger charge is 2.16. The van der Waals surface area contributed by atoms with Gasteiger partial charge >= 0.3 is 5.97 Å². The first-order valence-electron chi connectivity index (χ1n) is 3.49. The van der Waals surface area contributed by atoms with Crippen molar-refractivity contribution >= 4 is 25.0 Å². The first kappa shape index (κ1) is 8.72. The van der Waals surface area contributed by atoms with Gasteiger partial charge in [0.05, 0.1) is 13.0 Å². The predicted octanol–water partition coefficient (Wildman–Crippen LogP) is 1.05. The van der Waals surface area contributed by atoms with Gasteiger partial charge in [0.25, 0.3) is 0 Å². The average Bonchev–Trinajstić information content (AvgIpc) is 2.81. The van der Waals surface area contributed by atoms with Crippen molar-refractivity contribution in [3.63, 3.8) is 0 Å². The monoisotopic (exact) mass is 169 g/mol. The van der Waals surface area contributed by atoms with Crippen LogP contribution >= 0.6 is 11.8 Å². The van der Waals surface area contributed by atoms with Crippen LogP contribution < -0.4 is 0 Å². The van der Waals surface area contributed by atoms with Gasteiger partial charge in [0.2, 0.25) is 0 Å². The zero-order chi connectivity index (χ0) is 8.27. The van der Waals surface area contributed by atoms with Crippen LogP contribution in [0.5, 0.6) is 0 Å². The summed E-state index contributed by atoms with van der Waals surface area (Å²) in [7, 11) is 3.46. The molecule has 0 N–H and O–H groups in total. The Morgan fingerprint density at radius 3 is 3.00 bits per heavy atom. The Morgan fingerprint density at radius 2 is 2.55 bits per heavy atom. The third-order valence-electron chi connectivity index (χ3n) is 1.41. The lowest BCUT2D eigenvalue weighted by atomic mass is 10.1. The van der Waals surface area contributed by atoms with E-state index in [2.05, 4.69) is 4.74 Å². The second-order valence-electron chi connectivity index (χ2n) is 2.47. The summed E-state index contributed by atoms with van der Waals surface area (Å²) in [6, 6.07) is 0. The zero-order valence-corrected chi connectivity index (χ0v) is 7.48. The molecule has 0 fully saturated rings. The van der Waals surface area contributed by atoms with Gasteiger partial charge in [-0.1, -0.05) is 11.7 Å². The molecule has 0 aromatic carbocycles. The van der Waals surface area contributed by atoms with E-state index in [0.29, 0.717) is 0 Å². The largest absolute Gasteiger partial charge is 0.469 e. The van der Waals surface area contributed by atoms with Gasteiger partial charge in [-0.05, 0) is 0 Å². The summed E-state index contributed by atoms with van der Waals surface area (Å²) in [5.74, 6) is 2.72. The lowest BCUT2D eigenvalue weighted by Crippen LogP contribution is -2.14. The van der Waals surface area contributed by atoms with Gasteiger partial charge in [0.1, 0.15) is 0 Å². The van der Waals surface area contributed by atoms with Crippen LogP contribution in [-0.2, 0) is 9.53 Å². The molecule has 0 amide bonds. The van der Waals surface area contributed by atoms with E-state index in [1.165, 1.54) is 11.9 Å². The highest BCUT2D eigenvalue weighted by atomic mass is 32.2. The molecule has 4 heteroatoms. The summed E-state index contributed by atoms with van der Waals surface area (Å²) >= 11 is 1.70. The third-order valence-corrected chi connectivity index (χ3v) is 2.68. The van der Waals surface area contributed by atoms with Crippen molar-refractivity contribution in [2.75, 3.05) is 12.9 Å². The van der Waals surface area contributed by atoms with Crippen molar-refractivity contribution in [2.24, 2.45) is 5.92 Å². The molecule has 0 aromatic heterocycles. The van der Waals surface area contributed by atoms with Crippen LogP contribution in [0.3, 0.4) is 0 Å². The van der Waals surface area contributed by atoms with Crippen molar-refractivity contribution in [2.45, 2.75) is 6.92 Å². The summed E-state index contributed by atoms with van der Waals surface area (Å²) < 4.78 is 4.58. The van der Waals surface area contributed by atoms with E-state index in [4.69, 9.17) is 0 Å². The van der Waals surface area contributed by atoms with Crippen molar-refractivity contribution in [3.05, 3.63) is 10.8 Å². The van der Waals surface area contributed by atoms with Gasteiger partial charge < -0.3 is 4.74 Å². The maximum absolute atomic E-state index is 10.9. The molecular formula is C7H10BO2S. The van der Waals surface area contributed by atoms with Gasteiger partial charge in [-0.2, -0.15) is 0 Å². The van der Waals surface area contributed by atoms with Gasteiger partial charge in [-0.25, -0.2) is 0 Å². The van der Waals surface area contributed by atoms with E-state index in [1.807, 2.05) is 20.2 Å². The van der Waals surface area contributed by atoms with Gasteiger partial charge in [-0.3, -0.25) is 4.79 Å². The summed E-state index contributed by atoms with van der Waals surface area (Å²) in [6.45, 7) is 1.88. The molecular weight excluding hydrogens is 159 g/mol. The van der Waals surface area contributed by atoms with Crippen molar-refractivity contribution in [1.82, 2.24) is 0 Å². The minimum absolute atomic E-state index is 0.0000926. The van der Waals surface area contributed by atoms with Gasteiger partial charge in [-0.15, -0.1) is 17.7 Å². The van der Waals surface area contributed by atoms with E-state index in [9.17, 15) is 4.79 Å². The molecule has 1 aliphatic rings. The van der Waals surface area contributed by atoms with E-state index in [1.54, 1.807) is 11.8 Å². The number of carbonyl (C=O) groups excluding carboxylic acids is 1. The lowest BCUT2D eigenvalue weighted by molar-refractivity contribution is -0.143. The van der Waals surface area contributed by atoms with Crippen molar-refractivity contribution in [1.29, 1.82) is 0 Å². The molecule has 0 saturated carbocycles. The molecule has 1 heterocycles. The molecule has 1 unspecified atom stereocenters.